The molecule has 0 aromatic rings. The molecule has 0 bridgehead atoms. The van der Waals surface area contributed by atoms with E-state index in [1.54, 1.807) is 0 Å². The largest absolute Gasteiger partial charge is 0.463 e. The first kappa shape index (κ1) is 87.7. The van der Waals surface area contributed by atoms with Crippen LogP contribution in [0.1, 0.15) is 111 Å². The number of thioether (sulfide) groups is 4. The average Bonchev–Trinajstić information content (AvgIpc) is 0.767. The minimum Gasteiger partial charge on any atom is -0.463 e. The summed E-state index contributed by atoms with van der Waals surface area (Å²) in [6, 6.07) is 0. The van der Waals surface area contributed by atoms with E-state index in [-0.39, 0.29) is 0 Å². The van der Waals surface area contributed by atoms with Crippen molar-refractivity contribution >= 4 is 155 Å². The zero-order valence-electron chi connectivity index (χ0n) is 59.2. The van der Waals surface area contributed by atoms with E-state index in [4.69, 9.17) is 112 Å². The maximum absolute atomic E-state index is 13.8. The van der Waals surface area contributed by atoms with Crippen LogP contribution in [-0.2, 0) is 176 Å². The maximum Gasteiger partial charge on any atom is 0.303 e. The van der Waals surface area contributed by atoms with Gasteiger partial charge in [0.05, 0.1) is 10.5 Å². The molecule has 0 aromatic heterocycles. The Labute approximate surface area is 618 Å². The second kappa shape index (κ2) is 40.7. The van der Waals surface area contributed by atoms with Gasteiger partial charge in [0.25, 0.3) is 0 Å². The van der Waals surface area contributed by atoms with Crippen LogP contribution in [0.5, 0.6) is 0 Å². The second-order valence-corrected chi connectivity index (χ2v) is 28.8. The number of rotatable bonds is 29. The molecule has 0 radical (unpaired) electrons. The third kappa shape index (κ3) is 26.5. The lowest BCUT2D eigenvalue weighted by atomic mass is 9.99. The summed E-state index contributed by atoms with van der Waals surface area (Å²) in [6.07, 6.45) is -29.8. The molecule has 5 saturated heterocycles. The fraction of sp³-hybridized carbons (Fsp3) is 0.742. The van der Waals surface area contributed by atoms with Crippen molar-refractivity contribution in [2.45, 2.75) is 258 Å². The predicted molar refractivity (Wildman–Crippen MR) is 352 cm³/mol. The molecule has 25 atom stereocenters. The quantitative estimate of drug-likeness (QED) is 0.0620. The second-order valence-electron chi connectivity index (χ2n) is 23.5. The summed E-state index contributed by atoms with van der Waals surface area (Å²) in [7, 11) is 0. The van der Waals surface area contributed by atoms with Crippen molar-refractivity contribution in [2.75, 3.05) is 31.3 Å². The summed E-state index contributed by atoms with van der Waals surface area (Å²) in [6.45, 7) is 14.0. The maximum atomic E-state index is 13.8. The molecule has 5 heterocycles. The molecule has 0 amide bonds. The van der Waals surface area contributed by atoms with Gasteiger partial charge in [0.1, 0.15) is 89.7 Å². The minimum absolute atomic E-state index is 0.478. The normalized spacial score (nSPS) is 33.0. The van der Waals surface area contributed by atoms with Gasteiger partial charge in [-0.05, 0) is 0 Å². The molecule has 104 heavy (non-hydrogen) atoms. The lowest BCUT2D eigenvalue weighted by molar-refractivity contribution is -0.238. The number of ether oxygens (including phenoxy) is 21. The van der Waals surface area contributed by atoms with Crippen LogP contribution in [0.2, 0.25) is 0 Å². The highest BCUT2D eigenvalue weighted by Crippen LogP contribution is 2.48. The smallest absolute Gasteiger partial charge is 0.303 e. The summed E-state index contributed by atoms with van der Waals surface area (Å²) in [5.74, 6) is -16.3. The molecule has 0 aliphatic carbocycles. The molecular weight excluding hydrogens is 1500 g/mol. The molecule has 0 saturated carbocycles. The third-order valence-electron chi connectivity index (χ3n) is 14.7. The van der Waals surface area contributed by atoms with Crippen LogP contribution in [0, 0.1) is 0 Å². The van der Waals surface area contributed by atoms with Crippen LogP contribution in [0.25, 0.3) is 0 Å². The topological polar surface area (TPSA) is 467 Å². The van der Waals surface area contributed by atoms with Crippen LogP contribution in [-0.4, -0.2) is 274 Å². The Morgan fingerprint density at radius 2 is 0.452 bits per heavy atom. The van der Waals surface area contributed by atoms with Gasteiger partial charge in [-0.15, -0.1) is 59.7 Å². The highest BCUT2D eigenvalue weighted by atomic mass is 32.2. The fourth-order valence-corrected chi connectivity index (χ4v) is 17.8. The van der Waals surface area contributed by atoms with Crippen LogP contribution >= 0.6 is 59.7 Å². The number of carbonyl (C=O) groups is 16. The molecule has 42 heteroatoms. The Hall–Kier alpha value is -6.93. The fourth-order valence-electron chi connectivity index (χ4n) is 11.4. The Bertz CT molecular complexity index is 3140. The van der Waals surface area contributed by atoms with E-state index in [0.29, 0.717) is 23.5 Å². The molecule has 584 valence electrons. The first-order valence-electron chi connectivity index (χ1n) is 31.8. The zero-order chi connectivity index (χ0) is 77.9. The van der Waals surface area contributed by atoms with E-state index in [0.717, 1.165) is 134 Å². The highest BCUT2D eigenvalue weighted by molar-refractivity contribution is 8.01. The Morgan fingerprint density at radius 1 is 0.240 bits per heavy atom. The van der Waals surface area contributed by atoms with Crippen LogP contribution in [0.15, 0.2) is 0 Å². The van der Waals surface area contributed by atoms with E-state index in [9.17, 15) is 76.7 Å². The number of hydrogen-bond donors (Lipinski definition) is 1. The van der Waals surface area contributed by atoms with Gasteiger partial charge >= 0.3 is 95.5 Å². The first-order valence-corrected chi connectivity index (χ1v) is 36.3. The SMILES string of the molecule is CC(=O)OC[C@H]1O[C@@H](SC[C@H]2O[C@@H](SC[C@H]3O[C@@H](S)[C@H](OC(C)=O)[C@@H](S[C@@H]4O[C@H](COC(C)=O)[C@@H](OC(C)=O)[C@H](OC(C)=O)[C@H]4OC(C)=O)[C@@H]3OC(C)=O)[C@H](OC(C)=O)[C@@H](S[C@@H]3O[C@H](COC(C)=O)[C@@H](OC(C)=O)[C@H](OC(C)=O)[C@H]3OC(C)=O)[C@@H]2OC(C)=O)[C@H](OC(C)=O)[C@@H](OC(C)=O)[C@@H]1OC(C)=O. The van der Waals surface area contributed by atoms with Gasteiger partial charge in [0.15, 0.2) is 67.1 Å². The molecule has 5 aliphatic rings. The van der Waals surface area contributed by atoms with Crippen LogP contribution in [0.4, 0.5) is 0 Å². The van der Waals surface area contributed by atoms with Crippen molar-refractivity contribution in [1.82, 2.24) is 0 Å². The molecule has 0 aromatic carbocycles. The molecule has 5 fully saturated rings. The minimum atomic E-state index is -1.83. The van der Waals surface area contributed by atoms with Crippen LogP contribution in [0.3, 0.4) is 0 Å². The molecular formula is C62H84O37S5. The van der Waals surface area contributed by atoms with Gasteiger partial charge in [0.2, 0.25) is 0 Å². The third-order valence-corrected chi connectivity index (χ3v) is 20.6. The number of esters is 16. The lowest BCUT2D eigenvalue weighted by Crippen LogP contribution is -2.64. The van der Waals surface area contributed by atoms with Gasteiger partial charge < -0.3 is 99.5 Å². The Morgan fingerprint density at radius 3 is 0.750 bits per heavy atom. The van der Waals surface area contributed by atoms with E-state index in [1.165, 1.54) is 0 Å². The summed E-state index contributed by atoms with van der Waals surface area (Å²) in [5, 5.41) is -3.07. The van der Waals surface area contributed by atoms with Gasteiger partial charge in [-0.1, -0.05) is 0 Å². The van der Waals surface area contributed by atoms with Gasteiger partial charge in [-0.2, -0.15) is 0 Å². The number of thiol groups is 1. The van der Waals surface area contributed by atoms with Crippen LogP contribution < -0.4 is 0 Å². The van der Waals surface area contributed by atoms with Crippen molar-refractivity contribution in [2.24, 2.45) is 0 Å². The highest BCUT2D eigenvalue weighted by Gasteiger charge is 2.61. The number of hydrogen-bond acceptors (Lipinski definition) is 42. The van der Waals surface area contributed by atoms with E-state index < -0.39 is 274 Å². The Balaban J connectivity index is 1.78. The first-order chi connectivity index (χ1) is 48.6. The van der Waals surface area contributed by atoms with Crippen molar-refractivity contribution in [1.29, 1.82) is 0 Å². The lowest BCUT2D eigenvalue weighted by Gasteiger charge is -2.50. The van der Waals surface area contributed by atoms with Crippen molar-refractivity contribution in [3.8, 4) is 0 Å². The van der Waals surface area contributed by atoms with Gasteiger partial charge in [-0.25, -0.2) is 0 Å². The average molecular weight is 1580 g/mol. The molecule has 0 unspecified atom stereocenters. The predicted octanol–water partition coefficient (Wildman–Crippen LogP) is 1.01. The van der Waals surface area contributed by atoms with E-state index >= 15 is 0 Å². The molecule has 5 aliphatic heterocycles. The van der Waals surface area contributed by atoms with Gasteiger partial charge in [-0.3, -0.25) is 76.7 Å². The van der Waals surface area contributed by atoms with E-state index in [1.807, 2.05) is 0 Å². The van der Waals surface area contributed by atoms with Gasteiger partial charge in [0, 0.05) is 122 Å². The summed E-state index contributed by atoms with van der Waals surface area (Å²) in [5.41, 5.74) is -8.06. The summed E-state index contributed by atoms with van der Waals surface area (Å²) < 4.78 is 124. The van der Waals surface area contributed by atoms with E-state index in [2.05, 4.69) is 0 Å². The molecule has 0 N–H and O–H groups in total. The standard InChI is InChI=1S/C62H84O37S5/c1-22(63)79-17-38-43(82-25(4)66)48(87-30(9)71)51(90-33(12)74)59(96-38)101-21-42-47(86-29(8)70)57(104-62-53(92-35(14)76)50(89-32(11)73)45(84-27(6)68)40(98-62)19-81-24(3)65)55(94-37(16)78)60(99-42)102-20-41-46(85-28(7)69)56(54(58(100)95-41)93-36(15)77)103-61-52(91-34(13)75)49(88-31(10)72)44(83-26(5)67)39(97-61)18-80-23(2)64/h38-62,100H,17-21H2,1-16H3/t38-,39-,40-,41-,42-,43-,44-,45-,46-,47-,48+,49+,50+,51-,52-,53-,54-,55-,56+,57+,58+,59+,60+,61+,62+/m1/s1. The Kier molecular flexibility index (Phi) is 34.3. The molecule has 37 nitrogen and oxygen atoms in total. The van der Waals surface area contributed by atoms with Crippen molar-refractivity contribution in [3.05, 3.63) is 0 Å². The zero-order valence-corrected chi connectivity index (χ0v) is 63.3. The molecule has 0 spiro atoms. The molecule has 5 rings (SSSR count). The summed E-state index contributed by atoms with van der Waals surface area (Å²) >= 11 is 7.47. The monoisotopic (exact) mass is 1580 g/mol. The van der Waals surface area contributed by atoms with Crippen molar-refractivity contribution in [3.63, 3.8) is 0 Å². The number of carbonyl (C=O) groups excluding carboxylic acids is 16. The van der Waals surface area contributed by atoms with Crippen molar-refractivity contribution < 1.29 is 176 Å². The summed E-state index contributed by atoms with van der Waals surface area (Å²) in [4.78, 5) is 207.